The molecule has 0 N–H and O–H groups in total. The number of rotatable bonds is 4. The van der Waals surface area contributed by atoms with Gasteiger partial charge in [-0.05, 0) is 30.2 Å². The van der Waals surface area contributed by atoms with Gasteiger partial charge in [-0.3, -0.25) is 0 Å². The van der Waals surface area contributed by atoms with Crippen LogP contribution in [0.2, 0.25) is 0 Å². The summed E-state index contributed by atoms with van der Waals surface area (Å²) in [5.41, 5.74) is 3.41. The molecule has 1 aromatic heterocycles. The van der Waals surface area contributed by atoms with E-state index in [1.807, 2.05) is 4.68 Å². The van der Waals surface area contributed by atoms with E-state index in [2.05, 4.69) is 49.1 Å². The van der Waals surface area contributed by atoms with Gasteiger partial charge >= 0.3 is 0 Å². The van der Waals surface area contributed by atoms with Crippen molar-refractivity contribution < 1.29 is 0 Å². The van der Waals surface area contributed by atoms with Crippen LogP contribution in [0.3, 0.4) is 0 Å². The van der Waals surface area contributed by atoms with Crippen molar-refractivity contribution in [3.63, 3.8) is 0 Å². The molecule has 18 heavy (non-hydrogen) atoms. The van der Waals surface area contributed by atoms with Gasteiger partial charge in [0.05, 0.1) is 5.69 Å². The smallest absolute Gasteiger partial charge is 0.151 e. The molecule has 2 aromatic rings. The summed E-state index contributed by atoms with van der Waals surface area (Å²) >= 11 is 5.88. The number of alkyl halides is 1. The van der Waals surface area contributed by atoms with E-state index < -0.39 is 0 Å². The van der Waals surface area contributed by atoms with Crippen molar-refractivity contribution in [2.45, 2.75) is 39.5 Å². The lowest BCUT2D eigenvalue weighted by Crippen LogP contribution is -2.03. The first-order valence-corrected chi connectivity index (χ1v) is 6.83. The molecule has 0 saturated carbocycles. The van der Waals surface area contributed by atoms with Gasteiger partial charge in [-0.2, -0.15) is 5.10 Å². The molecule has 96 valence electrons. The van der Waals surface area contributed by atoms with E-state index in [-0.39, 0.29) is 0 Å². The van der Waals surface area contributed by atoms with Crippen LogP contribution in [0.25, 0.3) is 5.69 Å². The minimum absolute atomic E-state index is 0.546. The van der Waals surface area contributed by atoms with E-state index in [1.54, 1.807) is 0 Å². The second-order valence-electron chi connectivity index (χ2n) is 4.31. The van der Waals surface area contributed by atoms with Gasteiger partial charge in [0.1, 0.15) is 5.82 Å². The van der Waals surface area contributed by atoms with Crippen molar-refractivity contribution in [3.05, 3.63) is 41.0 Å². The topological polar surface area (TPSA) is 30.7 Å². The molecule has 0 aliphatic carbocycles. The Bertz CT molecular complexity index is 546. The normalized spacial score (nSPS) is 10.9. The van der Waals surface area contributed by atoms with Crippen LogP contribution in [0.5, 0.6) is 0 Å². The van der Waals surface area contributed by atoms with Crippen molar-refractivity contribution in [1.29, 1.82) is 0 Å². The third kappa shape index (κ3) is 2.41. The Kier molecular flexibility index (Phi) is 4.02. The third-order valence-corrected chi connectivity index (χ3v) is 3.35. The minimum atomic E-state index is 0.546. The summed E-state index contributed by atoms with van der Waals surface area (Å²) in [6, 6.07) is 6.23. The Morgan fingerprint density at radius 2 is 2.00 bits per heavy atom. The van der Waals surface area contributed by atoms with Gasteiger partial charge in [0.25, 0.3) is 0 Å². The molecular formula is C14H18ClN3. The van der Waals surface area contributed by atoms with Crippen LogP contribution in [-0.4, -0.2) is 14.8 Å². The van der Waals surface area contributed by atoms with E-state index in [1.165, 1.54) is 5.56 Å². The molecule has 0 spiro atoms. The number of hydrogen-bond donors (Lipinski definition) is 0. The minimum Gasteiger partial charge on any atom is -0.218 e. The molecular weight excluding hydrogens is 246 g/mol. The van der Waals surface area contributed by atoms with E-state index in [4.69, 9.17) is 11.6 Å². The van der Waals surface area contributed by atoms with E-state index in [9.17, 15) is 0 Å². The van der Waals surface area contributed by atoms with Crippen LogP contribution in [0.4, 0.5) is 0 Å². The second-order valence-corrected chi connectivity index (χ2v) is 4.57. The summed E-state index contributed by atoms with van der Waals surface area (Å²) in [7, 11) is 0. The lowest BCUT2D eigenvalue weighted by molar-refractivity contribution is 0.790. The van der Waals surface area contributed by atoms with Gasteiger partial charge in [0.15, 0.2) is 5.82 Å². The van der Waals surface area contributed by atoms with Crippen LogP contribution in [0.15, 0.2) is 18.2 Å². The fourth-order valence-electron chi connectivity index (χ4n) is 1.94. The zero-order valence-electron chi connectivity index (χ0n) is 11.1. The number of aryl methyl sites for hydroxylation is 3. The molecule has 0 bridgehead atoms. The fourth-order valence-corrected chi connectivity index (χ4v) is 2.24. The van der Waals surface area contributed by atoms with E-state index >= 15 is 0 Å². The summed E-state index contributed by atoms with van der Waals surface area (Å²) in [6.07, 6.45) is 1.74. The predicted molar refractivity (Wildman–Crippen MR) is 74.4 cm³/mol. The summed E-state index contributed by atoms with van der Waals surface area (Å²) < 4.78 is 1.93. The summed E-state index contributed by atoms with van der Waals surface area (Å²) in [5.74, 6) is 2.44. The molecule has 0 fully saturated rings. The monoisotopic (exact) mass is 263 g/mol. The van der Waals surface area contributed by atoms with Gasteiger partial charge in [-0.1, -0.05) is 19.9 Å². The average molecular weight is 264 g/mol. The van der Waals surface area contributed by atoms with Crippen molar-refractivity contribution in [3.8, 4) is 5.69 Å². The highest BCUT2D eigenvalue weighted by Crippen LogP contribution is 2.17. The van der Waals surface area contributed by atoms with E-state index in [0.717, 1.165) is 35.7 Å². The highest BCUT2D eigenvalue weighted by atomic mass is 35.5. The van der Waals surface area contributed by atoms with Gasteiger partial charge in [0, 0.05) is 18.7 Å². The third-order valence-electron chi connectivity index (χ3n) is 3.07. The highest BCUT2D eigenvalue weighted by Gasteiger charge is 2.09. The molecule has 1 aromatic carbocycles. The maximum atomic E-state index is 5.88. The lowest BCUT2D eigenvalue weighted by atomic mass is 10.1. The molecule has 0 aliphatic heterocycles. The van der Waals surface area contributed by atoms with Crippen molar-refractivity contribution in [2.75, 3.05) is 0 Å². The Hall–Kier alpha value is -1.35. The SMILES string of the molecule is CCc1nc(CC)n(-c2ccc(CCl)c(C)c2)n1. The quantitative estimate of drug-likeness (QED) is 0.791. The van der Waals surface area contributed by atoms with Crippen LogP contribution in [-0.2, 0) is 18.7 Å². The molecule has 3 nitrogen and oxygen atoms in total. The largest absolute Gasteiger partial charge is 0.218 e. The van der Waals surface area contributed by atoms with Crippen LogP contribution in [0, 0.1) is 6.92 Å². The van der Waals surface area contributed by atoms with Gasteiger partial charge in [-0.15, -0.1) is 11.6 Å². The summed E-state index contributed by atoms with van der Waals surface area (Å²) in [5, 5.41) is 4.54. The number of benzene rings is 1. The number of halogens is 1. The first kappa shape index (κ1) is 13.1. The van der Waals surface area contributed by atoms with Crippen molar-refractivity contribution in [2.24, 2.45) is 0 Å². The van der Waals surface area contributed by atoms with Crippen molar-refractivity contribution >= 4 is 11.6 Å². The molecule has 4 heteroatoms. The van der Waals surface area contributed by atoms with Crippen LogP contribution >= 0.6 is 11.6 Å². The average Bonchev–Trinajstić information content (AvgIpc) is 2.82. The van der Waals surface area contributed by atoms with Gasteiger partial charge in [-0.25, -0.2) is 9.67 Å². The molecule has 0 atom stereocenters. The van der Waals surface area contributed by atoms with Gasteiger partial charge in [0.2, 0.25) is 0 Å². The summed E-state index contributed by atoms with van der Waals surface area (Å²) in [4.78, 5) is 4.52. The molecule has 0 saturated heterocycles. The molecule has 0 aliphatic rings. The van der Waals surface area contributed by atoms with E-state index in [0.29, 0.717) is 5.88 Å². The standard InChI is InChI=1S/C14H18ClN3/c1-4-13-16-14(5-2)18(17-13)12-7-6-11(9-15)10(3)8-12/h6-8H,4-5,9H2,1-3H3. The number of hydrogen-bond acceptors (Lipinski definition) is 2. The maximum absolute atomic E-state index is 5.88. The molecule has 1 heterocycles. The lowest BCUT2D eigenvalue weighted by Gasteiger charge is -2.08. The summed E-state index contributed by atoms with van der Waals surface area (Å²) in [6.45, 7) is 6.24. The Morgan fingerprint density at radius 1 is 1.22 bits per heavy atom. The Labute approximate surface area is 113 Å². The molecule has 2 rings (SSSR count). The fraction of sp³-hybridized carbons (Fsp3) is 0.429. The first-order valence-electron chi connectivity index (χ1n) is 6.30. The first-order chi connectivity index (χ1) is 8.69. The predicted octanol–water partition coefficient (Wildman–Crippen LogP) is 3.44. The zero-order chi connectivity index (χ0) is 13.1. The van der Waals surface area contributed by atoms with Gasteiger partial charge < -0.3 is 0 Å². The Balaban J connectivity index is 2.47. The molecule has 0 radical (unpaired) electrons. The highest BCUT2D eigenvalue weighted by molar-refractivity contribution is 6.17. The van der Waals surface area contributed by atoms with Crippen molar-refractivity contribution in [1.82, 2.24) is 14.8 Å². The second kappa shape index (κ2) is 5.53. The Morgan fingerprint density at radius 3 is 2.56 bits per heavy atom. The zero-order valence-corrected chi connectivity index (χ0v) is 11.8. The number of nitrogens with zero attached hydrogens (tertiary/aromatic N) is 3. The maximum Gasteiger partial charge on any atom is 0.151 e. The molecule has 0 amide bonds. The van der Waals surface area contributed by atoms with Crippen LogP contribution in [0.1, 0.15) is 36.6 Å². The van der Waals surface area contributed by atoms with Crippen LogP contribution < -0.4 is 0 Å². The number of aromatic nitrogens is 3. The molecule has 0 unspecified atom stereocenters.